The summed E-state index contributed by atoms with van der Waals surface area (Å²) in [6.45, 7) is 0.245. The Morgan fingerprint density at radius 2 is 1.96 bits per heavy atom. The second kappa shape index (κ2) is 5.76. The first-order valence-electron chi connectivity index (χ1n) is 7.59. The van der Waals surface area contributed by atoms with E-state index in [1.807, 2.05) is 36.4 Å². The highest BCUT2D eigenvalue weighted by Gasteiger charge is 2.43. The second-order valence-corrected chi connectivity index (χ2v) is 5.71. The van der Waals surface area contributed by atoms with E-state index in [1.54, 1.807) is 6.21 Å². The van der Waals surface area contributed by atoms with E-state index >= 15 is 0 Å². The molecule has 0 spiro atoms. The van der Waals surface area contributed by atoms with Crippen molar-refractivity contribution in [3.63, 3.8) is 0 Å². The Bertz CT molecular complexity index is 758. The number of carbonyl (C=O) groups excluding carboxylic acids is 1. The third kappa shape index (κ3) is 2.90. The van der Waals surface area contributed by atoms with Crippen LogP contribution in [-0.2, 0) is 4.79 Å². The van der Waals surface area contributed by atoms with Crippen LogP contribution in [0.2, 0.25) is 0 Å². The summed E-state index contributed by atoms with van der Waals surface area (Å²) in [6.07, 6.45) is 2.50. The topological polar surface area (TPSA) is 59.9 Å². The van der Waals surface area contributed by atoms with E-state index in [1.165, 1.54) is 5.56 Å². The van der Waals surface area contributed by atoms with E-state index in [0.29, 0.717) is 11.7 Å². The molecule has 116 valence electrons. The molecule has 1 saturated carbocycles. The number of hydrogen-bond donors (Lipinski definition) is 1. The van der Waals surface area contributed by atoms with E-state index in [0.717, 1.165) is 17.7 Å². The van der Waals surface area contributed by atoms with E-state index in [4.69, 9.17) is 9.47 Å². The largest absolute Gasteiger partial charge is 0.454 e. The summed E-state index contributed by atoms with van der Waals surface area (Å²) >= 11 is 0. The Kier molecular flexibility index (Phi) is 3.46. The lowest BCUT2D eigenvalue weighted by atomic mass is 10.1. The van der Waals surface area contributed by atoms with Gasteiger partial charge in [-0.1, -0.05) is 30.3 Å². The smallest absolute Gasteiger partial charge is 0.243 e. The number of hydrogen-bond acceptors (Lipinski definition) is 4. The molecule has 0 radical (unpaired) electrons. The van der Waals surface area contributed by atoms with Gasteiger partial charge in [0.1, 0.15) is 0 Å². The van der Waals surface area contributed by atoms with Crippen LogP contribution in [0, 0.1) is 5.92 Å². The Morgan fingerprint density at radius 1 is 1.13 bits per heavy atom. The molecule has 2 aromatic rings. The number of rotatable bonds is 4. The summed E-state index contributed by atoms with van der Waals surface area (Å²) in [5, 5.41) is 4.04. The Hall–Kier alpha value is -2.82. The zero-order valence-corrected chi connectivity index (χ0v) is 12.4. The van der Waals surface area contributed by atoms with Gasteiger partial charge in [0.15, 0.2) is 11.5 Å². The summed E-state index contributed by atoms with van der Waals surface area (Å²) in [7, 11) is 0. The summed E-state index contributed by atoms with van der Waals surface area (Å²) in [6, 6.07) is 15.6. The van der Waals surface area contributed by atoms with Gasteiger partial charge < -0.3 is 9.47 Å². The van der Waals surface area contributed by atoms with Crippen molar-refractivity contribution in [2.45, 2.75) is 12.3 Å². The molecule has 1 amide bonds. The monoisotopic (exact) mass is 308 g/mol. The average molecular weight is 308 g/mol. The van der Waals surface area contributed by atoms with Gasteiger partial charge in [0.2, 0.25) is 12.7 Å². The Labute approximate surface area is 133 Å². The fraction of sp³-hybridized carbons (Fsp3) is 0.222. The SMILES string of the molecule is O=C(NN=Cc1ccc2c(c1)OCO2)C1CC1c1ccccc1. The Morgan fingerprint density at radius 3 is 2.83 bits per heavy atom. The first-order chi connectivity index (χ1) is 11.3. The minimum Gasteiger partial charge on any atom is -0.454 e. The molecular weight excluding hydrogens is 292 g/mol. The molecule has 2 unspecified atom stereocenters. The highest BCUT2D eigenvalue weighted by molar-refractivity contribution is 5.86. The number of amides is 1. The molecular formula is C18H16N2O3. The van der Waals surface area contributed by atoms with E-state index < -0.39 is 0 Å². The van der Waals surface area contributed by atoms with Gasteiger partial charge in [0.05, 0.1) is 6.21 Å². The molecule has 0 bridgehead atoms. The lowest BCUT2D eigenvalue weighted by Gasteiger charge is -2.00. The molecule has 0 saturated heterocycles. The predicted octanol–water partition coefficient (Wildman–Crippen LogP) is 2.67. The Balaban J connectivity index is 1.34. The fourth-order valence-corrected chi connectivity index (χ4v) is 2.80. The number of ether oxygens (including phenoxy) is 2. The lowest BCUT2D eigenvalue weighted by Crippen LogP contribution is -2.20. The van der Waals surface area contributed by atoms with Gasteiger partial charge in [-0.15, -0.1) is 0 Å². The first-order valence-corrected chi connectivity index (χ1v) is 7.59. The van der Waals surface area contributed by atoms with E-state index in [-0.39, 0.29) is 18.6 Å². The molecule has 5 heteroatoms. The van der Waals surface area contributed by atoms with Gasteiger partial charge in [-0.3, -0.25) is 4.79 Å². The maximum atomic E-state index is 12.1. The van der Waals surface area contributed by atoms with Crippen molar-refractivity contribution in [1.29, 1.82) is 0 Å². The quantitative estimate of drug-likeness (QED) is 0.698. The zero-order chi connectivity index (χ0) is 15.6. The van der Waals surface area contributed by atoms with Gasteiger partial charge in [-0.05, 0) is 41.7 Å². The number of nitrogens with zero attached hydrogens (tertiary/aromatic N) is 1. The molecule has 23 heavy (non-hydrogen) atoms. The molecule has 1 heterocycles. The normalized spacial score (nSPS) is 21.4. The standard InChI is InChI=1S/C18H16N2O3/c21-18(15-9-14(15)13-4-2-1-3-5-13)20-19-10-12-6-7-16-17(8-12)23-11-22-16/h1-8,10,14-15H,9,11H2,(H,20,21). The van der Waals surface area contributed by atoms with Crippen LogP contribution in [0.15, 0.2) is 53.6 Å². The van der Waals surface area contributed by atoms with Crippen molar-refractivity contribution in [2.24, 2.45) is 11.0 Å². The van der Waals surface area contributed by atoms with Crippen LogP contribution in [0.5, 0.6) is 11.5 Å². The van der Waals surface area contributed by atoms with Crippen molar-refractivity contribution in [2.75, 3.05) is 6.79 Å². The minimum absolute atomic E-state index is 0.0197. The number of carbonyl (C=O) groups is 1. The summed E-state index contributed by atoms with van der Waals surface area (Å²) in [5.74, 6) is 1.74. The lowest BCUT2D eigenvalue weighted by molar-refractivity contribution is -0.122. The number of benzene rings is 2. The minimum atomic E-state index is -0.0316. The van der Waals surface area contributed by atoms with Gasteiger partial charge in [0, 0.05) is 5.92 Å². The van der Waals surface area contributed by atoms with Crippen LogP contribution in [0.3, 0.4) is 0 Å². The molecule has 4 rings (SSSR count). The molecule has 2 atom stereocenters. The molecule has 1 fully saturated rings. The van der Waals surface area contributed by atoms with Crippen molar-refractivity contribution in [3.8, 4) is 11.5 Å². The third-order valence-corrected chi connectivity index (χ3v) is 4.14. The maximum absolute atomic E-state index is 12.1. The van der Waals surface area contributed by atoms with E-state index in [9.17, 15) is 4.79 Å². The average Bonchev–Trinajstić information content (AvgIpc) is 3.26. The highest BCUT2D eigenvalue weighted by atomic mass is 16.7. The molecule has 5 nitrogen and oxygen atoms in total. The second-order valence-electron chi connectivity index (χ2n) is 5.71. The van der Waals surface area contributed by atoms with Gasteiger partial charge in [-0.2, -0.15) is 5.10 Å². The van der Waals surface area contributed by atoms with Crippen LogP contribution in [0.4, 0.5) is 0 Å². The zero-order valence-electron chi connectivity index (χ0n) is 12.4. The summed E-state index contributed by atoms with van der Waals surface area (Å²) in [4.78, 5) is 12.1. The third-order valence-electron chi connectivity index (χ3n) is 4.14. The maximum Gasteiger partial charge on any atom is 0.243 e. The number of hydrazone groups is 1. The van der Waals surface area contributed by atoms with Crippen molar-refractivity contribution >= 4 is 12.1 Å². The van der Waals surface area contributed by atoms with Gasteiger partial charge in [0.25, 0.3) is 0 Å². The molecule has 2 aromatic carbocycles. The predicted molar refractivity (Wildman–Crippen MR) is 85.6 cm³/mol. The fourth-order valence-electron chi connectivity index (χ4n) is 2.80. The molecule has 0 aromatic heterocycles. The van der Waals surface area contributed by atoms with Gasteiger partial charge >= 0.3 is 0 Å². The number of nitrogens with one attached hydrogen (secondary N) is 1. The first kappa shape index (κ1) is 13.8. The van der Waals surface area contributed by atoms with Crippen LogP contribution >= 0.6 is 0 Å². The van der Waals surface area contributed by atoms with Gasteiger partial charge in [-0.25, -0.2) is 5.43 Å². The highest BCUT2D eigenvalue weighted by Crippen LogP contribution is 2.47. The van der Waals surface area contributed by atoms with Crippen LogP contribution in [0.25, 0.3) is 0 Å². The van der Waals surface area contributed by atoms with Crippen molar-refractivity contribution in [1.82, 2.24) is 5.43 Å². The molecule has 2 aliphatic rings. The number of fused-ring (bicyclic) bond motifs is 1. The summed E-state index contributed by atoms with van der Waals surface area (Å²) < 4.78 is 10.6. The van der Waals surface area contributed by atoms with E-state index in [2.05, 4.69) is 22.7 Å². The molecule has 1 aliphatic heterocycles. The van der Waals surface area contributed by atoms with Crippen molar-refractivity contribution in [3.05, 3.63) is 59.7 Å². The molecule has 1 aliphatic carbocycles. The van der Waals surface area contributed by atoms with Crippen LogP contribution < -0.4 is 14.9 Å². The molecule has 1 N–H and O–H groups in total. The summed E-state index contributed by atoms with van der Waals surface area (Å²) in [5.41, 5.74) is 4.69. The van der Waals surface area contributed by atoms with Crippen molar-refractivity contribution < 1.29 is 14.3 Å². The van der Waals surface area contributed by atoms with Crippen LogP contribution in [-0.4, -0.2) is 18.9 Å². The van der Waals surface area contributed by atoms with Crippen LogP contribution in [0.1, 0.15) is 23.5 Å².